The van der Waals surface area contributed by atoms with E-state index in [1.165, 1.54) is 0 Å². The molecule has 0 aromatic rings. The van der Waals surface area contributed by atoms with Crippen molar-refractivity contribution in [3.63, 3.8) is 0 Å². The summed E-state index contributed by atoms with van der Waals surface area (Å²) in [4.78, 5) is 26.7. The van der Waals surface area contributed by atoms with Crippen LogP contribution in [0.3, 0.4) is 0 Å². The molecule has 2 saturated heterocycles. The van der Waals surface area contributed by atoms with Crippen LogP contribution in [0.1, 0.15) is 26.2 Å². The third-order valence-corrected chi connectivity index (χ3v) is 4.57. The normalized spacial score (nSPS) is 30.0. The number of hydrogen-bond acceptors (Lipinski definition) is 3. The minimum absolute atomic E-state index is 0.0898. The predicted molar refractivity (Wildman–Crippen MR) is 73.7 cm³/mol. The number of rotatable bonds is 3. The molecule has 2 N–H and O–H groups in total. The fourth-order valence-electron chi connectivity index (χ4n) is 3.42. The van der Waals surface area contributed by atoms with Gasteiger partial charge in [-0.25, -0.2) is 0 Å². The Labute approximate surface area is 127 Å². The van der Waals surface area contributed by atoms with Gasteiger partial charge in [-0.2, -0.15) is 13.2 Å². The number of carbonyl (C=O) groups excluding carboxylic acids is 2. The van der Waals surface area contributed by atoms with Crippen LogP contribution in [0, 0.1) is 11.8 Å². The largest absolute Gasteiger partial charge is 0.406 e. The van der Waals surface area contributed by atoms with Gasteiger partial charge in [0.05, 0.1) is 5.92 Å². The van der Waals surface area contributed by atoms with Crippen molar-refractivity contribution in [1.29, 1.82) is 0 Å². The number of hydrogen-bond donors (Lipinski definition) is 1. The highest BCUT2D eigenvalue weighted by Crippen LogP contribution is 2.29. The Bertz CT molecular complexity index is 442. The Morgan fingerprint density at radius 2 is 2.09 bits per heavy atom. The molecular formula is C14H22F3N3O2. The number of alkyl halides is 3. The molecule has 0 bridgehead atoms. The number of piperidine rings is 1. The minimum atomic E-state index is -4.44. The maximum atomic E-state index is 12.6. The molecule has 8 heteroatoms. The molecule has 0 radical (unpaired) electrons. The van der Waals surface area contributed by atoms with Gasteiger partial charge in [-0.1, -0.05) is 6.92 Å². The lowest BCUT2D eigenvalue weighted by atomic mass is 9.89. The van der Waals surface area contributed by atoms with Crippen LogP contribution in [0.2, 0.25) is 0 Å². The molecule has 2 heterocycles. The van der Waals surface area contributed by atoms with Crippen molar-refractivity contribution >= 4 is 11.8 Å². The second-order valence-corrected chi connectivity index (χ2v) is 6.24. The molecule has 2 fully saturated rings. The van der Waals surface area contributed by atoms with Crippen molar-refractivity contribution in [2.45, 2.75) is 38.4 Å². The van der Waals surface area contributed by atoms with Gasteiger partial charge in [0, 0.05) is 32.1 Å². The van der Waals surface area contributed by atoms with E-state index in [9.17, 15) is 22.8 Å². The SMILES string of the molecule is C[C@@H]1CCCN(C(=O)[C@@H]2CC(=O)N(CC(F)(F)F)C2)[C@H]1CN. The van der Waals surface area contributed by atoms with E-state index in [1.807, 2.05) is 6.92 Å². The van der Waals surface area contributed by atoms with Gasteiger partial charge in [0.15, 0.2) is 0 Å². The van der Waals surface area contributed by atoms with Gasteiger partial charge in [0.1, 0.15) is 6.54 Å². The Balaban J connectivity index is 2.02. The monoisotopic (exact) mass is 321 g/mol. The first-order valence-corrected chi connectivity index (χ1v) is 7.58. The molecule has 2 aliphatic rings. The lowest BCUT2D eigenvalue weighted by molar-refractivity contribution is -0.157. The number of carbonyl (C=O) groups is 2. The summed E-state index contributed by atoms with van der Waals surface area (Å²) in [5.74, 6) is -1.26. The van der Waals surface area contributed by atoms with E-state index >= 15 is 0 Å². The molecule has 2 aliphatic heterocycles. The summed E-state index contributed by atoms with van der Waals surface area (Å²) in [6, 6.07) is -0.0898. The van der Waals surface area contributed by atoms with Gasteiger partial charge in [0.25, 0.3) is 0 Å². The molecule has 0 aliphatic carbocycles. The van der Waals surface area contributed by atoms with Crippen LogP contribution < -0.4 is 5.73 Å². The lowest BCUT2D eigenvalue weighted by Crippen LogP contribution is -2.53. The lowest BCUT2D eigenvalue weighted by Gasteiger charge is -2.40. The van der Waals surface area contributed by atoms with Crippen LogP contribution in [0.25, 0.3) is 0 Å². The molecule has 2 rings (SSSR count). The van der Waals surface area contributed by atoms with E-state index in [-0.39, 0.29) is 30.8 Å². The standard InChI is InChI=1S/C14H22F3N3O2/c1-9-3-2-4-20(11(9)6-18)13(22)10-5-12(21)19(7-10)8-14(15,16)17/h9-11H,2-8,18H2,1H3/t9-,10-,11+/m1/s1. The second-order valence-electron chi connectivity index (χ2n) is 6.24. The van der Waals surface area contributed by atoms with E-state index < -0.39 is 24.5 Å². The highest BCUT2D eigenvalue weighted by molar-refractivity contribution is 5.89. The summed E-state index contributed by atoms with van der Waals surface area (Å²) >= 11 is 0. The molecule has 2 amide bonds. The van der Waals surface area contributed by atoms with Gasteiger partial charge >= 0.3 is 6.18 Å². The molecule has 3 atom stereocenters. The molecule has 126 valence electrons. The smallest absolute Gasteiger partial charge is 0.338 e. The maximum Gasteiger partial charge on any atom is 0.406 e. The quantitative estimate of drug-likeness (QED) is 0.843. The fourth-order valence-corrected chi connectivity index (χ4v) is 3.42. The molecule has 0 unspecified atom stereocenters. The van der Waals surface area contributed by atoms with E-state index in [4.69, 9.17) is 5.73 Å². The molecule has 22 heavy (non-hydrogen) atoms. The number of amides is 2. The average molecular weight is 321 g/mol. The summed E-state index contributed by atoms with van der Waals surface area (Å²) in [6.45, 7) is 1.48. The van der Waals surface area contributed by atoms with Crippen LogP contribution in [0.15, 0.2) is 0 Å². The average Bonchev–Trinajstić information content (AvgIpc) is 2.77. The Hall–Kier alpha value is -1.31. The molecular weight excluding hydrogens is 299 g/mol. The van der Waals surface area contributed by atoms with Gasteiger partial charge in [-0.15, -0.1) is 0 Å². The van der Waals surface area contributed by atoms with E-state index in [2.05, 4.69) is 0 Å². The zero-order valence-corrected chi connectivity index (χ0v) is 12.6. The van der Waals surface area contributed by atoms with Crippen molar-refractivity contribution in [1.82, 2.24) is 9.80 Å². The van der Waals surface area contributed by atoms with E-state index in [1.54, 1.807) is 4.90 Å². The first-order chi connectivity index (χ1) is 10.2. The summed E-state index contributed by atoms with van der Waals surface area (Å²) in [5, 5.41) is 0. The van der Waals surface area contributed by atoms with Crippen molar-refractivity contribution in [3.8, 4) is 0 Å². The van der Waals surface area contributed by atoms with E-state index in [0.717, 1.165) is 17.7 Å². The van der Waals surface area contributed by atoms with Gasteiger partial charge in [-0.05, 0) is 18.8 Å². The molecule has 0 saturated carbocycles. The topological polar surface area (TPSA) is 66.6 Å². The molecule has 0 spiro atoms. The van der Waals surface area contributed by atoms with Crippen LogP contribution in [-0.2, 0) is 9.59 Å². The van der Waals surface area contributed by atoms with Crippen LogP contribution in [0.5, 0.6) is 0 Å². The molecule has 5 nitrogen and oxygen atoms in total. The van der Waals surface area contributed by atoms with Crippen LogP contribution in [-0.4, -0.2) is 60.0 Å². The zero-order chi connectivity index (χ0) is 16.5. The summed E-state index contributed by atoms with van der Waals surface area (Å²) in [7, 11) is 0. The number of nitrogens with two attached hydrogens (primary N) is 1. The Morgan fingerprint density at radius 1 is 1.41 bits per heavy atom. The van der Waals surface area contributed by atoms with E-state index in [0.29, 0.717) is 13.1 Å². The van der Waals surface area contributed by atoms with Crippen LogP contribution in [0.4, 0.5) is 13.2 Å². The zero-order valence-electron chi connectivity index (χ0n) is 12.6. The first kappa shape index (κ1) is 17.1. The number of halogens is 3. The van der Waals surface area contributed by atoms with Gasteiger partial charge in [-0.3, -0.25) is 9.59 Å². The fraction of sp³-hybridized carbons (Fsp3) is 0.857. The minimum Gasteiger partial charge on any atom is -0.338 e. The van der Waals surface area contributed by atoms with Gasteiger partial charge in [0.2, 0.25) is 11.8 Å². The molecule has 0 aromatic carbocycles. The van der Waals surface area contributed by atoms with Crippen molar-refractivity contribution in [2.24, 2.45) is 17.6 Å². The predicted octanol–water partition coefficient (Wildman–Crippen LogP) is 0.983. The summed E-state index contributed by atoms with van der Waals surface area (Å²) < 4.78 is 37.3. The van der Waals surface area contributed by atoms with Crippen molar-refractivity contribution < 1.29 is 22.8 Å². The second kappa shape index (κ2) is 6.44. The third-order valence-electron chi connectivity index (χ3n) is 4.57. The highest BCUT2D eigenvalue weighted by Gasteiger charge is 2.43. The Kier molecular flexibility index (Phi) is 4.99. The summed E-state index contributed by atoms with van der Waals surface area (Å²) in [6.07, 6.45) is -2.74. The highest BCUT2D eigenvalue weighted by atomic mass is 19.4. The third kappa shape index (κ3) is 3.71. The number of nitrogens with zero attached hydrogens (tertiary/aromatic N) is 2. The van der Waals surface area contributed by atoms with Crippen molar-refractivity contribution in [3.05, 3.63) is 0 Å². The first-order valence-electron chi connectivity index (χ1n) is 7.58. The Morgan fingerprint density at radius 3 is 2.68 bits per heavy atom. The summed E-state index contributed by atoms with van der Waals surface area (Å²) in [5.41, 5.74) is 5.74. The number of likely N-dealkylation sites (tertiary alicyclic amines) is 2. The molecule has 0 aromatic heterocycles. The maximum absolute atomic E-state index is 12.6. The van der Waals surface area contributed by atoms with Gasteiger partial charge < -0.3 is 15.5 Å². The van der Waals surface area contributed by atoms with Crippen molar-refractivity contribution in [2.75, 3.05) is 26.2 Å². The van der Waals surface area contributed by atoms with Crippen LogP contribution >= 0.6 is 0 Å².